The Hall–Kier alpha value is -1.44. The molecule has 9 heteroatoms. The molecule has 2 heterocycles. The fraction of sp³-hybridized carbons (Fsp3) is 0.450. The van der Waals surface area contributed by atoms with Gasteiger partial charge in [0.25, 0.3) is 5.91 Å². The van der Waals surface area contributed by atoms with Gasteiger partial charge >= 0.3 is 0 Å². The van der Waals surface area contributed by atoms with E-state index in [1.165, 1.54) is 12.0 Å². The van der Waals surface area contributed by atoms with Crippen molar-refractivity contribution in [1.29, 1.82) is 0 Å². The van der Waals surface area contributed by atoms with Crippen LogP contribution in [0, 0.1) is 0 Å². The molecular weight excluding hydrogens is 435 g/mol. The Bertz CT molecular complexity index is 692. The van der Waals surface area contributed by atoms with Gasteiger partial charge in [-0.2, -0.15) is 0 Å². The van der Waals surface area contributed by atoms with E-state index in [0.717, 1.165) is 45.6 Å². The number of amides is 1. The average molecular weight is 466 g/mol. The molecule has 1 aromatic heterocycles. The van der Waals surface area contributed by atoms with Crippen LogP contribution in [-0.4, -0.2) is 50.1 Å². The maximum atomic E-state index is 12.0. The predicted molar refractivity (Wildman–Crippen MR) is 125 cm³/mol. The molecule has 1 aromatic carbocycles. The van der Waals surface area contributed by atoms with Gasteiger partial charge in [-0.25, -0.2) is 0 Å². The van der Waals surface area contributed by atoms with Crippen molar-refractivity contribution in [3.63, 3.8) is 0 Å². The monoisotopic (exact) mass is 464 g/mol. The zero-order chi connectivity index (χ0) is 18.2. The minimum Gasteiger partial charge on any atom is -0.467 e. The first kappa shape index (κ1) is 27.6. The Balaban J connectivity index is 0.00000261. The van der Waals surface area contributed by atoms with E-state index in [9.17, 15) is 4.79 Å². The third kappa shape index (κ3) is 8.44. The fourth-order valence-corrected chi connectivity index (χ4v) is 3.24. The predicted octanol–water partition coefficient (Wildman–Crippen LogP) is 3.34. The van der Waals surface area contributed by atoms with Crippen molar-refractivity contribution in [2.75, 3.05) is 44.2 Å². The smallest absolute Gasteiger partial charge is 0.254 e. The molecule has 1 aliphatic rings. The number of anilines is 1. The van der Waals surface area contributed by atoms with Crippen molar-refractivity contribution in [2.45, 2.75) is 19.4 Å². The summed E-state index contributed by atoms with van der Waals surface area (Å²) in [7, 11) is 0. The van der Waals surface area contributed by atoms with Gasteiger partial charge in [-0.15, -0.1) is 37.2 Å². The third-order valence-corrected chi connectivity index (χ3v) is 4.80. The standard InChI is InChI=1S/C20H28N4O2.3ClH/c21-15-19-14-17(16-26-19)20(25)22-8-4-5-9-23-10-12-24(13-11-23)18-6-2-1-3-7-18;;;/h1-3,6-7,14,16H,4-5,8-13,15,21H2,(H,22,25);3*1H. The molecular formula is C20H31Cl3N4O2. The van der Waals surface area contributed by atoms with Crippen molar-refractivity contribution in [3.05, 3.63) is 54.0 Å². The van der Waals surface area contributed by atoms with Crippen LogP contribution in [-0.2, 0) is 6.54 Å². The molecule has 0 unspecified atom stereocenters. The van der Waals surface area contributed by atoms with Gasteiger partial charge in [-0.05, 0) is 37.6 Å². The molecule has 1 saturated heterocycles. The summed E-state index contributed by atoms with van der Waals surface area (Å²) in [5.41, 5.74) is 7.34. The number of rotatable bonds is 8. The number of hydrogen-bond donors (Lipinski definition) is 2. The molecule has 2 aromatic rings. The number of para-hydroxylation sites is 1. The average Bonchev–Trinajstić information content (AvgIpc) is 3.18. The zero-order valence-corrected chi connectivity index (χ0v) is 18.9. The zero-order valence-electron chi connectivity index (χ0n) is 16.4. The van der Waals surface area contributed by atoms with Gasteiger partial charge in [0.2, 0.25) is 0 Å². The van der Waals surface area contributed by atoms with Gasteiger partial charge in [0, 0.05) is 38.4 Å². The number of benzene rings is 1. The largest absolute Gasteiger partial charge is 0.467 e. The highest BCUT2D eigenvalue weighted by Crippen LogP contribution is 2.15. The summed E-state index contributed by atoms with van der Waals surface area (Å²) in [4.78, 5) is 16.9. The van der Waals surface area contributed by atoms with Crippen LogP contribution in [0.1, 0.15) is 29.0 Å². The summed E-state index contributed by atoms with van der Waals surface area (Å²) in [5.74, 6) is 0.537. The van der Waals surface area contributed by atoms with Crippen LogP contribution in [0.4, 0.5) is 5.69 Å². The fourth-order valence-electron chi connectivity index (χ4n) is 3.24. The lowest BCUT2D eigenvalue weighted by Gasteiger charge is -2.36. The van der Waals surface area contributed by atoms with Crippen molar-refractivity contribution in [2.24, 2.45) is 5.73 Å². The second-order valence-corrected chi connectivity index (χ2v) is 6.63. The molecule has 0 bridgehead atoms. The van der Waals surface area contributed by atoms with Crippen LogP contribution in [0.2, 0.25) is 0 Å². The number of halogens is 3. The third-order valence-electron chi connectivity index (χ3n) is 4.80. The molecule has 0 spiro atoms. The van der Waals surface area contributed by atoms with Gasteiger partial charge in [-0.3, -0.25) is 9.69 Å². The van der Waals surface area contributed by atoms with E-state index < -0.39 is 0 Å². The minimum absolute atomic E-state index is 0. The topological polar surface area (TPSA) is 74.7 Å². The molecule has 3 rings (SSSR count). The quantitative estimate of drug-likeness (QED) is 0.585. The summed E-state index contributed by atoms with van der Waals surface area (Å²) >= 11 is 0. The Kier molecular flexibility index (Phi) is 13.8. The first-order chi connectivity index (χ1) is 12.8. The molecule has 0 radical (unpaired) electrons. The lowest BCUT2D eigenvalue weighted by molar-refractivity contribution is 0.0952. The Morgan fingerprint density at radius 3 is 2.34 bits per heavy atom. The van der Waals surface area contributed by atoms with Gasteiger partial charge in [0.15, 0.2) is 0 Å². The van der Waals surface area contributed by atoms with Crippen LogP contribution in [0.5, 0.6) is 0 Å². The summed E-state index contributed by atoms with van der Waals surface area (Å²) in [6.07, 6.45) is 3.53. The van der Waals surface area contributed by atoms with Crippen molar-refractivity contribution >= 4 is 48.8 Å². The number of nitrogens with zero attached hydrogens (tertiary/aromatic N) is 2. The van der Waals surface area contributed by atoms with E-state index in [0.29, 0.717) is 24.4 Å². The van der Waals surface area contributed by atoms with Crippen molar-refractivity contribution in [1.82, 2.24) is 10.2 Å². The minimum atomic E-state index is -0.0927. The van der Waals surface area contributed by atoms with Gasteiger partial charge < -0.3 is 20.4 Å². The van der Waals surface area contributed by atoms with E-state index in [1.807, 2.05) is 0 Å². The summed E-state index contributed by atoms with van der Waals surface area (Å²) < 4.78 is 5.19. The SMILES string of the molecule is Cl.Cl.Cl.NCc1cc(C(=O)NCCCCN2CCN(c3ccccc3)CC2)co1. The highest BCUT2D eigenvalue weighted by atomic mass is 35.5. The molecule has 3 N–H and O–H groups in total. The maximum Gasteiger partial charge on any atom is 0.254 e. The van der Waals surface area contributed by atoms with Crippen molar-refractivity contribution in [3.8, 4) is 0 Å². The number of nitrogens with two attached hydrogens (primary N) is 1. The highest BCUT2D eigenvalue weighted by molar-refractivity contribution is 5.93. The lowest BCUT2D eigenvalue weighted by Crippen LogP contribution is -2.46. The molecule has 29 heavy (non-hydrogen) atoms. The van der Waals surface area contributed by atoms with Crippen LogP contribution in [0.15, 0.2) is 47.1 Å². The van der Waals surface area contributed by atoms with Crippen LogP contribution in [0.3, 0.4) is 0 Å². The van der Waals surface area contributed by atoms with E-state index in [4.69, 9.17) is 10.2 Å². The second-order valence-electron chi connectivity index (χ2n) is 6.63. The summed E-state index contributed by atoms with van der Waals surface area (Å²) in [6.45, 7) is 6.42. The number of furan rings is 1. The lowest BCUT2D eigenvalue weighted by atomic mass is 10.2. The van der Waals surface area contributed by atoms with E-state index in [-0.39, 0.29) is 43.1 Å². The van der Waals surface area contributed by atoms with Gasteiger partial charge in [0.1, 0.15) is 12.0 Å². The van der Waals surface area contributed by atoms with Gasteiger partial charge in [-0.1, -0.05) is 18.2 Å². The number of carbonyl (C=O) groups is 1. The normalized spacial score (nSPS) is 13.6. The number of piperazine rings is 1. The van der Waals surface area contributed by atoms with Gasteiger partial charge in [0.05, 0.1) is 12.1 Å². The molecule has 1 aliphatic heterocycles. The molecule has 0 atom stereocenters. The van der Waals surface area contributed by atoms with E-state index >= 15 is 0 Å². The van der Waals surface area contributed by atoms with Crippen LogP contribution >= 0.6 is 37.2 Å². The highest BCUT2D eigenvalue weighted by Gasteiger charge is 2.16. The number of nitrogens with one attached hydrogen (secondary N) is 1. The Morgan fingerprint density at radius 1 is 1.03 bits per heavy atom. The van der Waals surface area contributed by atoms with E-state index in [2.05, 4.69) is 45.4 Å². The summed E-state index contributed by atoms with van der Waals surface area (Å²) in [5, 5.41) is 2.94. The number of unbranched alkanes of at least 4 members (excludes halogenated alkanes) is 1. The Labute approximate surface area is 191 Å². The molecule has 164 valence electrons. The Morgan fingerprint density at radius 2 is 1.72 bits per heavy atom. The molecule has 6 nitrogen and oxygen atoms in total. The maximum absolute atomic E-state index is 12.0. The number of hydrogen-bond acceptors (Lipinski definition) is 5. The van der Waals surface area contributed by atoms with Crippen LogP contribution in [0.25, 0.3) is 0 Å². The number of carbonyl (C=O) groups excluding carboxylic acids is 1. The molecule has 0 saturated carbocycles. The summed E-state index contributed by atoms with van der Waals surface area (Å²) in [6, 6.07) is 12.3. The van der Waals surface area contributed by atoms with Crippen molar-refractivity contribution < 1.29 is 9.21 Å². The van der Waals surface area contributed by atoms with E-state index in [1.54, 1.807) is 6.07 Å². The molecule has 0 aliphatic carbocycles. The molecule has 1 fully saturated rings. The first-order valence-corrected chi connectivity index (χ1v) is 9.34. The van der Waals surface area contributed by atoms with Crippen LogP contribution < -0.4 is 16.0 Å². The second kappa shape index (κ2) is 14.5. The molecule has 1 amide bonds. The first-order valence-electron chi connectivity index (χ1n) is 9.34.